The molecule has 19 heavy (non-hydrogen) atoms. The largest absolute Gasteiger partial charge is 0.490 e. The number of unbranched alkanes of at least 4 members (excludes halogenated alkanes) is 3. The molecule has 0 spiro atoms. The van der Waals surface area contributed by atoms with Gasteiger partial charge in [0.05, 0.1) is 11.7 Å². The van der Waals surface area contributed by atoms with Gasteiger partial charge in [-0.05, 0) is 49.4 Å². The number of carboxylic acid groups (broad SMARTS) is 1. The Morgan fingerprint density at radius 2 is 2.21 bits per heavy atom. The first kappa shape index (κ1) is 13.9. The van der Waals surface area contributed by atoms with E-state index in [-0.39, 0.29) is 0 Å². The molecule has 0 saturated heterocycles. The van der Waals surface area contributed by atoms with Crippen LogP contribution in [0.1, 0.15) is 61.4 Å². The SMILES string of the molecule is CCCCCC[C@H]1CCc2cc(C(=O)O)ccc2O1. The standard InChI is InChI=1S/C16H22O3/c1-2-3-4-5-6-14-9-7-12-11-13(16(17)18)8-10-15(12)19-14/h8,10-11,14H,2-7,9H2,1H3,(H,17,18)/t14-/m0/s1. The Hall–Kier alpha value is -1.51. The second kappa shape index (κ2) is 6.60. The van der Waals surface area contributed by atoms with Crippen LogP contribution in [-0.2, 0) is 6.42 Å². The second-order valence-electron chi connectivity index (χ2n) is 5.26. The number of benzene rings is 1. The minimum Gasteiger partial charge on any atom is -0.490 e. The molecule has 1 aromatic carbocycles. The zero-order valence-corrected chi connectivity index (χ0v) is 11.5. The molecule has 0 saturated carbocycles. The molecule has 0 unspecified atom stereocenters. The normalized spacial score (nSPS) is 17.6. The van der Waals surface area contributed by atoms with Gasteiger partial charge in [-0.15, -0.1) is 0 Å². The van der Waals surface area contributed by atoms with E-state index in [4.69, 9.17) is 9.84 Å². The third-order valence-corrected chi connectivity index (χ3v) is 3.72. The smallest absolute Gasteiger partial charge is 0.335 e. The first-order chi connectivity index (χ1) is 9.20. The summed E-state index contributed by atoms with van der Waals surface area (Å²) >= 11 is 0. The van der Waals surface area contributed by atoms with E-state index in [0.717, 1.165) is 30.6 Å². The fourth-order valence-corrected chi connectivity index (χ4v) is 2.58. The van der Waals surface area contributed by atoms with Gasteiger partial charge in [0, 0.05) is 0 Å². The molecular weight excluding hydrogens is 240 g/mol. The maximum absolute atomic E-state index is 10.9. The maximum atomic E-state index is 10.9. The van der Waals surface area contributed by atoms with Crippen molar-refractivity contribution in [3.8, 4) is 5.75 Å². The van der Waals surface area contributed by atoms with Gasteiger partial charge < -0.3 is 9.84 Å². The van der Waals surface area contributed by atoms with Gasteiger partial charge in [0.15, 0.2) is 0 Å². The van der Waals surface area contributed by atoms with Crippen LogP contribution in [0.15, 0.2) is 18.2 Å². The number of carboxylic acids is 1. The number of carbonyl (C=O) groups is 1. The summed E-state index contributed by atoms with van der Waals surface area (Å²) in [5, 5.41) is 8.96. The van der Waals surface area contributed by atoms with Crippen LogP contribution < -0.4 is 4.74 Å². The summed E-state index contributed by atoms with van der Waals surface area (Å²) in [6.45, 7) is 2.22. The van der Waals surface area contributed by atoms with Crippen molar-refractivity contribution in [3.63, 3.8) is 0 Å². The highest BCUT2D eigenvalue weighted by Gasteiger charge is 2.20. The lowest BCUT2D eigenvalue weighted by Gasteiger charge is -2.26. The molecule has 0 bridgehead atoms. The first-order valence-electron chi connectivity index (χ1n) is 7.23. The van der Waals surface area contributed by atoms with Crippen LogP contribution in [0.2, 0.25) is 0 Å². The third kappa shape index (κ3) is 3.72. The molecule has 0 aliphatic carbocycles. The summed E-state index contributed by atoms with van der Waals surface area (Å²) in [7, 11) is 0. The first-order valence-corrected chi connectivity index (χ1v) is 7.23. The predicted molar refractivity (Wildman–Crippen MR) is 74.9 cm³/mol. The molecular formula is C16H22O3. The van der Waals surface area contributed by atoms with Crippen LogP contribution in [0, 0.1) is 0 Å². The quantitative estimate of drug-likeness (QED) is 0.787. The minimum atomic E-state index is -0.871. The molecule has 1 aliphatic rings. The van der Waals surface area contributed by atoms with Gasteiger partial charge in [-0.1, -0.05) is 26.2 Å². The summed E-state index contributed by atoms with van der Waals surface area (Å²) in [4.78, 5) is 10.9. The van der Waals surface area contributed by atoms with Gasteiger partial charge in [-0.3, -0.25) is 0 Å². The van der Waals surface area contributed by atoms with Gasteiger partial charge in [-0.25, -0.2) is 4.79 Å². The number of hydrogen-bond donors (Lipinski definition) is 1. The van der Waals surface area contributed by atoms with Crippen molar-refractivity contribution in [1.29, 1.82) is 0 Å². The van der Waals surface area contributed by atoms with Gasteiger partial charge >= 0.3 is 5.97 Å². The molecule has 0 radical (unpaired) electrons. The van der Waals surface area contributed by atoms with E-state index in [2.05, 4.69) is 6.92 Å². The van der Waals surface area contributed by atoms with Crippen LogP contribution in [0.5, 0.6) is 5.75 Å². The Morgan fingerprint density at radius 1 is 1.37 bits per heavy atom. The molecule has 2 rings (SSSR count). The molecule has 1 heterocycles. The van der Waals surface area contributed by atoms with E-state index in [1.54, 1.807) is 18.2 Å². The van der Waals surface area contributed by atoms with Gasteiger partial charge in [0.2, 0.25) is 0 Å². The molecule has 3 nitrogen and oxygen atoms in total. The molecule has 0 amide bonds. The molecule has 3 heteroatoms. The zero-order chi connectivity index (χ0) is 13.7. The van der Waals surface area contributed by atoms with Crippen molar-refractivity contribution in [3.05, 3.63) is 29.3 Å². The van der Waals surface area contributed by atoms with E-state index < -0.39 is 5.97 Å². The lowest BCUT2D eigenvalue weighted by Crippen LogP contribution is -2.22. The number of aryl methyl sites for hydroxylation is 1. The van der Waals surface area contributed by atoms with Crippen molar-refractivity contribution < 1.29 is 14.6 Å². The molecule has 0 aromatic heterocycles. The molecule has 1 aliphatic heterocycles. The Balaban J connectivity index is 1.91. The zero-order valence-electron chi connectivity index (χ0n) is 11.5. The topological polar surface area (TPSA) is 46.5 Å². The molecule has 1 atom stereocenters. The van der Waals surface area contributed by atoms with Crippen LogP contribution in [-0.4, -0.2) is 17.2 Å². The highest BCUT2D eigenvalue weighted by atomic mass is 16.5. The summed E-state index contributed by atoms with van der Waals surface area (Å²) in [5.41, 5.74) is 1.38. The average molecular weight is 262 g/mol. The highest BCUT2D eigenvalue weighted by molar-refractivity contribution is 5.88. The summed E-state index contributed by atoms with van der Waals surface area (Å²) in [5.74, 6) is 0.00114. The number of aromatic carboxylic acids is 1. The Bertz CT molecular complexity index is 440. The van der Waals surface area contributed by atoms with Crippen molar-refractivity contribution in [2.75, 3.05) is 0 Å². The van der Waals surface area contributed by atoms with Gasteiger partial charge in [0.1, 0.15) is 5.75 Å². The van der Waals surface area contributed by atoms with E-state index in [9.17, 15) is 4.79 Å². The van der Waals surface area contributed by atoms with Crippen LogP contribution in [0.4, 0.5) is 0 Å². The Morgan fingerprint density at radius 3 is 2.95 bits per heavy atom. The molecule has 0 fully saturated rings. The number of hydrogen-bond acceptors (Lipinski definition) is 2. The van der Waals surface area contributed by atoms with E-state index in [0.29, 0.717) is 11.7 Å². The Kier molecular flexibility index (Phi) is 4.83. The summed E-state index contributed by atoms with van der Waals surface area (Å²) in [6, 6.07) is 5.17. The lowest BCUT2D eigenvalue weighted by atomic mass is 9.97. The number of ether oxygens (including phenoxy) is 1. The molecule has 1 aromatic rings. The number of fused-ring (bicyclic) bond motifs is 1. The van der Waals surface area contributed by atoms with Crippen molar-refractivity contribution in [2.45, 2.75) is 58.0 Å². The lowest BCUT2D eigenvalue weighted by molar-refractivity contribution is 0.0696. The van der Waals surface area contributed by atoms with E-state index >= 15 is 0 Å². The third-order valence-electron chi connectivity index (χ3n) is 3.72. The van der Waals surface area contributed by atoms with E-state index in [1.165, 1.54) is 25.7 Å². The summed E-state index contributed by atoms with van der Waals surface area (Å²) < 4.78 is 5.95. The van der Waals surface area contributed by atoms with E-state index in [1.807, 2.05) is 0 Å². The number of rotatable bonds is 6. The second-order valence-corrected chi connectivity index (χ2v) is 5.26. The molecule has 104 valence electrons. The van der Waals surface area contributed by atoms with Gasteiger partial charge in [-0.2, -0.15) is 0 Å². The van der Waals surface area contributed by atoms with Crippen molar-refractivity contribution in [1.82, 2.24) is 0 Å². The van der Waals surface area contributed by atoms with Crippen molar-refractivity contribution >= 4 is 5.97 Å². The van der Waals surface area contributed by atoms with Crippen LogP contribution in [0.3, 0.4) is 0 Å². The average Bonchev–Trinajstić information content (AvgIpc) is 2.43. The minimum absolute atomic E-state index is 0.306. The predicted octanol–water partition coefficient (Wildman–Crippen LogP) is 4.05. The van der Waals surface area contributed by atoms with Crippen LogP contribution >= 0.6 is 0 Å². The maximum Gasteiger partial charge on any atom is 0.335 e. The van der Waals surface area contributed by atoms with Crippen LogP contribution in [0.25, 0.3) is 0 Å². The van der Waals surface area contributed by atoms with Crippen molar-refractivity contribution in [2.24, 2.45) is 0 Å². The highest BCUT2D eigenvalue weighted by Crippen LogP contribution is 2.30. The summed E-state index contributed by atoms with van der Waals surface area (Å²) in [6.07, 6.45) is 8.40. The fraction of sp³-hybridized carbons (Fsp3) is 0.562. The molecule has 1 N–H and O–H groups in total. The monoisotopic (exact) mass is 262 g/mol. The fourth-order valence-electron chi connectivity index (χ4n) is 2.58. The van der Waals surface area contributed by atoms with Gasteiger partial charge in [0.25, 0.3) is 0 Å². The Labute approximate surface area is 114 Å².